The van der Waals surface area contributed by atoms with Crippen LogP contribution in [0.15, 0.2) is 60.3 Å². The van der Waals surface area contributed by atoms with Crippen molar-refractivity contribution in [2.24, 2.45) is 0 Å². The van der Waals surface area contributed by atoms with E-state index in [1.807, 2.05) is 30.3 Å². The molecule has 4 heteroatoms. The Morgan fingerprint density at radius 2 is 1.02 bits per heavy atom. The number of unbranched alkanes of at least 4 members (excludes halogenated alkanes) is 19. The van der Waals surface area contributed by atoms with Crippen LogP contribution in [0, 0.1) is 34.0 Å². The highest BCUT2D eigenvalue weighted by Gasteiger charge is 2.39. The van der Waals surface area contributed by atoms with E-state index in [-0.39, 0.29) is 11.0 Å². The maximum atomic E-state index is 10.2. The predicted octanol–water partition coefficient (Wildman–Crippen LogP) is 11.1. The fraction of sp³-hybridized carbons (Fsp3) is 0.568. The SMILES string of the molecule is CCCCCCCCCCCCCCCCCCCCCCN1/C(=C/C(C#N)=c2ccc(=C(C#N)C#N)cc2)C(C)(C)c2ccccc21. The van der Waals surface area contributed by atoms with Crippen LogP contribution >= 0.6 is 0 Å². The minimum Gasteiger partial charge on any atom is -0.344 e. The van der Waals surface area contributed by atoms with E-state index in [1.165, 1.54) is 133 Å². The van der Waals surface area contributed by atoms with Crippen LogP contribution in [0.5, 0.6) is 0 Å². The monoisotopic (exact) mass is 644 g/mol. The number of nitrogens with zero attached hydrogens (tertiary/aromatic N) is 4. The van der Waals surface area contributed by atoms with Gasteiger partial charge in [-0.1, -0.05) is 185 Å². The molecule has 48 heavy (non-hydrogen) atoms. The first-order chi connectivity index (χ1) is 23.5. The molecule has 0 saturated carbocycles. The van der Waals surface area contributed by atoms with E-state index in [0.29, 0.717) is 10.8 Å². The van der Waals surface area contributed by atoms with Gasteiger partial charge in [0.2, 0.25) is 0 Å². The first-order valence-corrected chi connectivity index (χ1v) is 19.1. The molecule has 1 heterocycles. The zero-order chi connectivity index (χ0) is 34.5. The fourth-order valence-electron chi connectivity index (χ4n) is 7.15. The number of para-hydroxylation sites is 1. The average Bonchev–Trinajstić information content (AvgIpc) is 3.32. The molecular formula is C44H60N4. The topological polar surface area (TPSA) is 74.6 Å². The summed E-state index contributed by atoms with van der Waals surface area (Å²) in [6.07, 6.45) is 29.6. The van der Waals surface area contributed by atoms with Gasteiger partial charge in [0.05, 0.1) is 11.6 Å². The molecule has 1 aliphatic rings. The molecule has 0 amide bonds. The second-order valence-electron chi connectivity index (χ2n) is 14.2. The van der Waals surface area contributed by atoms with Crippen LogP contribution in [0.3, 0.4) is 0 Å². The van der Waals surface area contributed by atoms with Crippen molar-refractivity contribution in [3.63, 3.8) is 0 Å². The molecule has 256 valence electrons. The van der Waals surface area contributed by atoms with E-state index in [4.69, 9.17) is 0 Å². The Balaban J connectivity index is 1.41. The third-order valence-corrected chi connectivity index (χ3v) is 10.1. The summed E-state index contributed by atoms with van der Waals surface area (Å²) in [5.74, 6) is 0. The summed E-state index contributed by atoms with van der Waals surface area (Å²) in [5.41, 5.74) is 4.10. The van der Waals surface area contributed by atoms with Crippen molar-refractivity contribution in [1.82, 2.24) is 0 Å². The number of rotatable bonds is 22. The van der Waals surface area contributed by atoms with Crippen molar-refractivity contribution in [2.75, 3.05) is 11.4 Å². The molecule has 0 unspecified atom stereocenters. The molecule has 0 atom stereocenters. The minimum absolute atomic E-state index is 0.0757. The Morgan fingerprint density at radius 1 is 0.583 bits per heavy atom. The van der Waals surface area contributed by atoms with Crippen LogP contribution in [0.2, 0.25) is 0 Å². The van der Waals surface area contributed by atoms with Crippen LogP contribution in [0.4, 0.5) is 5.69 Å². The normalized spacial score (nSPS) is 13.9. The summed E-state index contributed by atoms with van der Waals surface area (Å²) in [5, 5.41) is 30.0. The first-order valence-electron chi connectivity index (χ1n) is 19.1. The van der Waals surface area contributed by atoms with Gasteiger partial charge >= 0.3 is 0 Å². The van der Waals surface area contributed by atoms with Gasteiger partial charge in [-0.25, -0.2) is 0 Å². The quantitative estimate of drug-likeness (QED) is 0.120. The number of allylic oxidation sites excluding steroid dienone is 2. The van der Waals surface area contributed by atoms with Gasteiger partial charge in [-0.2, -0.15) is 15.8 Å². The molecule has 0 saturated heterocycles. The highest BCUT2D eigenvalue weighted by atomic mass is 15.2. The van der Waals surface area contributed by atoms with E-state index in [1.54, 1.807) is 12.1 Å². The number of hydrogen-bond acceptors (Lipinski definition) is 4. The van der Waals surface area contributed by atoms with Gasteiger partial charge in [-0.05, 0) is 29.3 Å². The summed E-state index contributed by atoms with van der Waals surface area (Å²) in [6.45, 7) is 7.72. The summed E-state index contributed by atoms with van der Waals surface area (Å²) in [4.78, 5) is 2.42. The fourth-order valence-corrected chi connectivity index (χ4v) is 7.15. The van der Waals surface area contributed by atoms with Crippen LogP contribution in [0.1, 0.15) is 155 Å². The van der Waals surface area contributed by atoms with Crippen LogP contribution in [-0.4, -0.2) is 6.54 Å². The number of fused-ring (bicyclic) bond motifs is 1. The van der Waals surface area contributed by atoms with Gasteiger partial charge in [-0.3, -0.25) is 0 Å². The third kappa shape index (κ3) is 12.0. The van der Waals surface area contributed by atoms with Crippen molar-refractivity contribution in [2.45, 2.75) is 155 Å². The van der Waals surface area contributed by atoms with Gasteiger partial charge < -0.3 is 4.90 Å². The predicted molar refractivity (Wildman–Crippen MR) is 202 cm³/mol. The molecule has 1 aliphatic heterocycles. The average molecular weight is 645 g/mol. The summed E-state index contributed by atoms with van der Waals surface area (Å²) < 4.78 is 0. The zero-order valence-corrected chi connectivity index (χ0v) is 30.3. The second-order valence-corrected chi connectivity index (χ2v) is 14.2. The number of anilines is 1. The minimum atomic E-state index is -0.227. The zero-order valence-electron chi connectivity index (χ0n) is 30.3. The molecular weight excluding hydrogens is 585 g/mol. The molecule has 0 aromatic heterocycles. The van der Waals surface area contributed by atoms with Crippen molar-refractivity contribution in [3.05, 3.63) is 76.3 Å². The Kier molecular flexibility index (Phi) is 17.7. The molecule has 3 rings (SSSR count). The molecule has 0 bridgehead atoms. The lowest BCUT2D eigenvalue weighted by atomic mass is 9.83. The first kappa shape index (κ1) is 38.6. The van der Waals surface area contributed by atoms with Gasteiger partial charge in [0.15, 0.2) is 0 Å². The number of nitriles is 3. The smallest absolute Gasteiger partial charge is 0.136 e. The summed E-state index contributed by atoms with van der Waals surface area (Å²) in [7, 11) is 0. The molecule has 4 nitrogen and oxygen atoms in total. The van der Waals surface area contributed by atoms with Crippen molar-refractivity contribution >= 4 is 16.8 Å². The molecule has 0 radical (unpaired) electrons. The van der Waals surface area contributed by atoms with E-state index in [9.17, 15) is 15.8 Å². The second kappa shape index (κ2) is 21.9. The van der Waals surface area contributed by atoms with Crippen LogP contribution < -0.4 is 15.3 Å². The van der Waals surface area contributed by atoms with Crippen LogP contribution in [0.25, 0.3) is 11.1 Å². The Morgan fingerprint density at radius 3 is 1.48 bits per heavy atom. The van der Waals surface area contributed by atoms with Crippen LogP contribution in [-0.2, 0) is 5.41 Å². The van der Waals surface area contributed by atoms with E-state index in [2.05, 4.69) is 56.0 Å². The largest absolute Gasteiger partial charge is 0.344 e. The van der Waals surface area contributed by atoms with Gasteiger partial charge in [0.25, 0.3) is 0 Å². The summed E-state index contributed by atoms with van der Waals surface area (Å²) in [6, 6.07) is 22.1. The Hall–Kier alpha value is -3.81. The lowest BCUT2D eigenvalue weighted by Crippen LogP contribution is -2.27. The lowest BCUT2D eigenvalue weighted by Gasteiger charge is -2.27. The molecule has 0 fully saturated rings. The van der Waals surface area contributed by atoms with E-state index in [0.717, 1.165) is 23.9 Å². The molecule has 0 spiro atoms. The molecule has 0 aliphatic carbocycles. The van der Waals surface area contributed by atoms with E-state index < -0.39 is 0 Å². The Bertz CT molecular complexity index is 1500. The molecule has 2 aromatic carbocycles. The molecule has 2 aromatic rings. The van der Waals surface area contributed by atoms with Gasteiger partial charge in [0.1, 0.15) is 17.7 Å². The van der Waals surface area contributed by atoms with E-state index >= 15 is 0 Å². The van der Waals surface area contributed by atoms with Crippen molar-refractivity contribution in [1.29, 1.82) is 15.8 Å². The highest BCUT2D eigenvalue weighted by molar-refractivity contribution is 5.78. The lowest BCUT2D eigenvalue weighted by molar-refractivity contribution is 0.521. The maximum absolute atomic E-state index is 10.2. The van der Waals surface area contributed by atoms with Gasteiger partial charge in [-0.15, -0.1) is 0 Å². The Labute approximate surface area is 292 Å². The van der Waals surface area contributed by atoms with Crippen molar-refractivity contribution < 1.29 is 0 Å². The number of benzene rings is 2. The molecule has 0 N–H and O–H groups in total. The maximum Gasteiger partial charge on any atom is 0.136 e. The highest BCUT2D eigenvalue weighted by Crippen LogP contribution is 2.48. The van der Waals surface area contributed by atoms with Gasteiger partial charge in [0, 0.05) is 28.6 Å². The summed E-state index contributed by atoms with van der Waals surface area (Å²) >= 11 is 0. The van der Waals surface area contributed by atoms with Crippen molar-refractivity contribution in [3.8, 4) is 18.2 Å². The number of hydrogen-bond donors (Lipinski definition) is 0. The standard InChI is InChI=1S/C44H60N4/c1-4-5-6-7-8-9-10-11-12-13-14-15-16-17-18-19-20-21-22-25-32-48-42-27-24-23-26-41(42)44(2,3)43(48)33-39(34-45)37-28-30-38(31-29-37)40(35-46)36-47/h23-24,26-31,33H,4-22,25,32H2,1-3H3/b43-33+. The third-order valence-electron chi connectivity index (χ3n) is 10.1.